The van der Waals surface area contributed by atoms with E-state index in [9.17, 15) is 4.79 Å². The molecule has 0 aliphatic carbocycles. The van der Waals surface area contributed by atoms with E-state index in [1.807, 2.05) is 17.8 Å². The molecule has 0 radical (unpaired) electrons. The molecule has 0 aromatic heterocycles. The van der Waals surface area contributed by atoms with E-state index in [2.05, 4.69) is 36.1 Å². The molecule has 0 N–H and O–H groups in total. The Labute approximate surface area is 125 Å². The molecule has 110 valence electrons. The molecule has 0 saturated carbocycles. The van der Waals surface area contributed by atoms with Crippen molar-refractivity contribution in [2.45, 2.75) is 31.1 Å². The third-order valence-corrected chi connectivity index (χ3v) is 4.90. The van der Waals surface area contributed by atoms with Gasteiger partial charge in [-0.05, 0) is 12.0 Å². The fourth-order valence-corrected chi connectivity index (χ4v) is 3.87. The highest BCUT2D eigenvalue weighted by Crippen LogP contribution is 2.36. The van der Waals surface area contributed by atoms with Crippen molar-refractivity contribution in [3.63, 3.8) is 0 Å². The monoisotopic (exact) mass is 293 g/mol. The molecule has 20 heavy (non-hydrogen) atoms. The Bertz CT molecular complexity index is 424. The minimum atomic E-state index is 0.199. The van der Waals surface area contributed by atoms with Gasteiger partial charge < -0.3 is 9.64 Å². The van der Waals surface area contributed by atoms with E-state index in [1.165, 1.54) is 5.56 Å². The Balaban J connectivity index is 2.10. The summed E-state index contributed by atoms with van der Waals surface area (Å²) in [4.78, 5) is 14.5. The van der Waals surface area contributed by atoms with Crippen molar-refractivity contribution >= 4 is 17.7 Å². The lowest BCUT2D eigenvalue weighted by Gasteiger charge is -2.40. The van der Waals surface area contributed by atoms with E-state index in [1.54, 1.807) is 7.11 Å². The van der Waals surface area contributed by atoms with Crippen LogP contribution in [0, 0.1) is 0 Å². The molecule has 0 bridgehead atoms. The number of methoxy groups -OCH3 is 1. The van der Waals surface area contributed by atoms with Crippen molar-refractivity contribution in [3.05, 3.63) is 35.9 Å². The van der Waals surface area contributed by atoms with Crippen molar-refractivity contribution in [2.24, 2.45) is 0 Å². The Hall–Kier alpha value is -1.00. The highest BCUT2D eigenvalue weighted by Gasteiger charge is 2.32. The van der Waals surface area contributed by atoms with E-state index in [0.717, 1.165) is 18.7 Å². The van der Waals surface area contributed by atoms with E-state index >= 15 is 0 Å². The molecule has 1 heterocycles. The van der Waals surface area contributed by atoms with Gasteiger partial charge >= 0.3 is 0 Å². The van der Waals surface area contributed by atoms with Gasteiger partial charge in [0.05, 0.1) is 6.04 Å². The van der Waals surface area contributed by atoms with Crippen molar-refractivity contribution in [1.29, 1.82) is 0 Å². The van der Waals surface area contributed by atoms with Gasteiger partial charge in [-0.3, -0.25) is 4.79 Å². The van der Waals surface area contributed by atoms with Crippen LogP contribution >= 0.6 is 11.8 Å². The number of carbonyl (C=O) groups is 1. The van der Waals surface area contributed by atoms with Gasteiger partial charge in [0.2, 0.25) is 5.91 Å². The summed E-state index contributed by atoms with van der Waals surface area (Å²) in [7, 11) is 1.68. The van der Waals surface area contributed by atoms with Crippen molar-refractivity contribution in [1.82, 2.24) is 4.90 Å². The first-order chi connectivity index (χ1) is 9.74. The smallest absolute Gasteiger partial charge is 0.223 e. The quantitative estimate of drug-likeness (QED) is 0.781. The number of hydrogen-bond acceptors (Lipinski definition) is 3. The van der Waals surface area contributed by atoms with Gasteiger partial charge in [-0.1, -0.05) is 37.3 Å². The molecule has 2 rings (SSSR count). The number of hydrogen-bond donors (Lipinski definition) is 0. The van der Waals surface area contributed by atoms with E-state index in [-0.39, 0.29) is 11.9 Å². The number of amides is 1. The van der Waals surface area contributed by atoms with Gasteiger partial charge in [0.1, 0.15) is 0 Å². The molecule has 1 fully saturated rings. The molecular formula is C16H23NO2S. The van der Waals surface area contributed by atoms with Crippen LogP contribution in [0.15, 0.2) is 30.3 Å². The van der Waals surface area contributed by atoms with Gasteiger partial charge in [0, 0.05) is 37.7 Å². The normalized spacial score (nSPS) is 22.8. The van der Waals surface area contributed by atoms with Crippen LogP contribution in [0.3, 0.4) is 0 Å². The first-order valence-electron chi connectivity index (χ1n) is 7.19. The Kier molecular flexibility index (Phi) is 5.92. The topological polar surface area (TPSA) is 29.5 Å². The minimum absolute atomic E-state index is 0.199. The molecule has 1 saturated heterocycles. The maximum absolute atomic E-state index is 12.5. The predicted molar refractivity (Wildman–Crippen MR) is 83.9 cm³/mol. The SMILES string of the molecule is COCCCC(=O)N1CCSC(C)C1c1ccccc1. The number of ether oxygens (including phenoxy) is 1. The van der Waals surface area contributed by atoms with Crippen LogP contribution in [0.5, 0.6) is 0 Å². The maximum Gasteiger partial charge on any atom is 0.223 e. The van der Waals surface area contributed by atoms with Crippen LogP contribution in [0.1, 0.15) is 31.4 Å². The summed E-state index contributed by atoms with van der Waals surface area (Å²) in [6, 6.07) is 10.6. The minimum Gasteiger partial charge on any atom is -0.385 e. The van der Waals surface area contributed by atoms with Crippen LogP contribution < -0.4 is 0 Å². The number of rotatable bonds is 5. The first-order valence-corrected chi connectivity index (χ1v) is 8.24. The Morgan fingerprint density at radius 1 is 1.40 bits per heavy atom. The van der Waals surface area contributed by atoms with Crippen LogP contribution in [-0.4, -0.2) is 42.1 Å². The first kappa shape index (κ1) is 15.4. The van der Waals surface area contributed by atoms with Gasteiger partial charge in [-0.15, -0.1) is 0 Å². The third-order valence-electron chi connectivity index (χ3n) is 3.69. The summed E-state index contributed by atoms with van der Waals surface area (Å²) in [5, 5.41) is 0.442. The summed E-state index contributed by atoms with van der Waals surface area (Å²) >= 11 is 1.95. The molecule has 1 aliphatic heterocycles. The molecule has 0 spiro atoms. The van der Waals surface area contributed by atoms with Gasteiger partial charge in [-0.2, -0.15) is 11.8 Å². The molecule has 1 aromatic carbocycles. The number of carbonyl (C=O) groups excluding carboxylic acids is 1. The third kappa shape index (κ3) is 3.76. The molecule has 4 heteroatoms. The second-order valence-electron chi connectivity index (χ2n) is 5.11. The zero-order chi connectivity index (χ0) is 14.4. The van der Waals surface area contributed by atoms with Crippen molar-refractivity contribution in [2.75, 3.05) is 26.0 Å². The van der Waals surface area contributed by atoms with E-state index in [0.29, 0.717) is 18.3 Å². The van der Waals surface area contributed by atoms with Gasteiger partial charge in [0.25, 0.3) is 0 Å². The molecule has 2 atom stereocenters. The second kappa shape index (κ2) is 7.70. The molecule has 2 unspecified atom stereocenters. The van der Waals surface area contributed by atoms with Crippen LogP contribution in [0.2, 0.25) is 0 Å². The summed E-state index contributed by atoms with van der Waals surface area (Å²) in [5.74, 6) is 1.28. The number of nitrogens with zero attached hydrogens (tertiary/aromatic N) is 1. The zero-order valence-corrected chi connectivity index (χ0v) is 13.1. The lowest BCUT2D eigenvalue weighted by molar-refractivity contribution is -0.134. The molecular weight excluding hydrogens is 270 g/mol. The standard InChI is InChI=1S/C16H23NO2S/c1-13-16(14-7-4-3-5-8-14)17(10-12-20-13)15(18)9-6-11-19-2/h3-5,7-8,13,16H,6,9-12H2,1-2H3. The van der Waals surface area contributed by atoms with Crippen LogP contribution in [0.4, 0.5) is 0 Å². The van der Waals surface area contributed by atoms with Crippen LogP contribution in [0.25, 0.3) is 0 Å². The molecule has 3 nitrogen and oxygen atoms in total. The summed E-state index contributed by atoms with van der Waals surface area (Å²) in [6.07, 6.45) is 1.38. The fourth-order valence-electron chi connectivity index (χ4n) is 2.71. The molecule has 1 aliphatic rings. The average molecular weight is 293 g/mol. The Morgan fingerprint density at radius 3 is 2.85 bits per heavy atom. The fraction of sp³-hybridized carbons (Fsp3) is 0.562. The largest absolute Gasteiger partial charge is 0.385 e. The van der Waals surface area contributed by atoms with E-state index in [4.69, 9.17) is 4.74 Å². The zero-order valence-electron chi connectivity index (χ0n) is 12.2. The number of thioether (sulfide) groups is 1. The second-order valence-corrected chi connectivity index (χ2v) is 6.60. The van der Waals surface area contributed by atoms with Crippen LogP contribution in [-0.2, 0) is 9.53 Å². The maximum atomic E-state index is 12.5. The lowest BCUT2D eigenvalue weighted by Crippen LogP contribution is -2.43. The van der Waals surface area contributed by atoms with Crippen molar-refractivity contribution in [3.8, 4) is 0 Å². The van der Waals surface area contributed by atoms with Gasteiger partial charge in [-0.25, -0.2) is 0 Å². The average Bonchev–Trinajstić information content (AvgIpc) is 2.48. The Morgan fingerprint density at radius 2 is 2.15 bits per heavy atom. The molecule has 1 aromatic rings. The highest BCUT2D eigenvalue weighted by atomic mass is 32.2. The summed E-state index contributed by atoms with van der Waals surface area (Å²) in [6.45, 7) is 3.72. The molecule has 1 amide bonds. The predicted octanol–water partition coefficient (Wildman–Crippen LogP) is 3.12. The van der Waals surface area contributed by atoms with Gasteiger partial charge in [0.15, 0.2) is 0 Å². The van der Waals surface area contributed by atoms with Crippen molar-refractivity contribution < 1.29 is 9.53 Å². The summed E-state index contributed by atoms with van der Waals surface area (Å²) in [5.41, 5.74) is 1.24. The highest BCUT2D eigenvalue weighted by molar-refractivity contribution is 8.00. The lowest BCUT2D eigenvalue weighted by atomic mass is 10.0. The van der Waals surface area contributed by atoms with E-state index < -0.39 is 0 Å². The summed E-state index contributed by atoms with van der Waals surface area (Å²) < 4.78 is 5.04. The number of benzene rings is 1.